The van der Waals surface area contributed by atoms with Crippen molar-refractivity contribution in [3.8, 4) is 11.5 Å². The van der Waals surface area contributed by atoms with Crippen LogP contribution >= 0.6 is 24.0 Å². The number of phenols is 1. The molecule has 1 aliphatic carbocycles. The van der Waals surface area contributed by atoms with Gasteiger partial charge in [0.2, 0.25) is 0 Å². The Bertz CT molecular complexity index is 786. The van der Waals surface area contributed by atoms with E-state index in [4.69, 9.17) is 21.7 Å². The van der Waals surface area contributed by atoms with Gasteiger partial charge in [0.25, 0.3) is 5.91 Å². The summed E-state index contributed by atoms with van der Waals surface area (Å²) < 4.78 is 10.8. The number of thioether (sulfide) groups is 1. The zero-order valence-electron chi connectivity index (χ0n) is 15.0. The summed E-state index contributed by atoms with van der Waals surface area (Å²) in [6.45, 7) is -0.174. The van der Waals surface area contributed by atoms with E-state index in [9.17, 15) is 14.7 Å². The number of methoxy groups -OCH3 is 1. The molecule has 8 heteroatoms. The zero-order valence-corrected chi connectivity index (χ0v) is 16.6. The molecule has 1 aromatic carbocycles. The van der Waals surface area contributed by atoms with Gasteiger partial charge in [0.1, 0.15) is 17.0 Å². The Balaban J connectivity index is 1.65. The maximum Gasteiger partial charge on any atom is 0.326 e. The molecule has 1 amide bonds. The average molecular weight is 408 g/mol. The van der Waals surface area contributed by atoms with Gasteiger partial charge in [-0.05, 0) is 49.5 Å². The third-order valence-electron chi connectivity index (χ3n) is 4.51. The monoisotopic (exact) mass is 407 g/mol. The molecule has 1 saturated heterocycles. The third-order valence-corrected chi connectivity index (χ3v) is 5.89. The van der Waals surface area contributed by atoms with Gasteiger partial charge in [0.05, 0.1) is 12.0 Å². The van der Waals surface area contributed by atoms with E-state index in [-0.39, 0.29) is 24.3 Å². The van der Waals surface area contributed by atoms with Crippen LogP contribution in [-0.4, -0.2) is 46.0 Å². The van der Waals surface area contributed by atoms with Gasteiger partial charge < -0.3 is 14.6 Å². The van der Waals surface area contributed by atoms with Gasteiger partial charge in [-0.15, -0.1) is 0 Å². The van der Waals surface area contributed by atoms with Crippen molar-refractivity contribution < 1.29 is 24.2 Å². The quantitative estimate of drug-likeness (QED) is 0.455. The van der Waals surface area contributed by atoms with E-state index in [0.717, 1.165) is 37.4 Å². The number of carbonyl (C=O) groups is 2. The van der Waals surface area contributed by atoms with E-state index >= 15 is 0 Å². The third kappa shape index (κ3) is 4.81. The molecule has 1 heterocycles. The van der Waals surface area contributed by atoms with Crippen LogP contribution in [-0.2, 0) is 14.3 Å². The smallest absolute Gasteiger partial charge is 0.326 e. The highest BCUT2D eigenvalue weighted by molar-refractivity contribution is 8.26. The van der Waals surface area contributed by atoms with Crippen LogP contribution in [0.2, 0.25) is 0 Å². The van der Waals surface area contributed by atoms with Crippen LogP contribution in [0.4, 0.5) is 0 Å². The van der Waals surface area contributed by atoms with Crippen molar-refractivity contribution in [2.24, 2.45) is 0 Å². The summed E-state index contributed by atoms with van der Waals surface area (Å²) >= 11 is 6.38. The first-order valence-corrected chi connectivity index (χ1v) is 10.0. The van der Waals surface area contributed by atoms with Crippen molar-refractivity contribution in [3.63, 3.8) is 0 Å². The minimum Gasteiger partial charge on any atom is -0.504 e. The molecule has 0 radical (unpaired) electrons. The van der Waals surface area contributed by atoms with Crippen molar-refractivity contribution >= 4 is 46.3 Å². The van der Waals surface area contributed by atoms with Crippen LogP contribution in [0.25, 0.3) is 6.08 Å². The molecule has 0 bridgehead atoms. The second-order valence-electron chi connectivity index (χ2n) is 6.45. The standard InChI is InChI=1S/C19H21NO5S2/c1-24-15-8-7-12(9-14(15)21)10-16-18(23)20(19(26)27-16)11-17(22)25-13-5-3-2-4-6-13/h7-10,13,21H,2-6,11H2,1H3/b16-10-. The van der Waals surface area contributed by atoms with Crippen molar-refractivity contribution in [2.45, 2.75) is 38.2 Å². The van der Waals surface area contributed by atoms with E-state index in [2.05, 4.69) is 0 Å². The molecule has 144 valence electrons. The molecule has 2 fully saturated rings. The van der Waals surface area contributed by atoms with Crippen LogP contribution in [0, 0.1) is 0 Å². The number of carbonyl (C=O) groups excluding carboxylic acids is 2. The molecular formula is C19H21NO5S2. The number of rotatable bonds is 5. The molecule has 6 nitrogen and oxygen atoms in total. The molecule has 1 aromatic rings. The minimum absolute atomic E-state index is 0.0159. The highest BCUT2D eigenvalue weighted by Crippen LogP contribution is 2.34. The van der Waals surface area contributed by atoms with E-state index in [0.29, 0.717) is 20.5 Å². The predicted molar refractivity (Wildman–Crippen MR) is 108 cm³/mol. The maximum atomic E-state index is 12.6. The molecule has 3 rings (SSSR count). The van der Waals surface area contributed by atoms with Crippen LogP contribution in [0.1, 0.15) is 37.7 Å². The lowest BCUT2D eigenvalue weighted by Gasteiger charge is -2.23. The Morgan fingerprint density at radius 3 is 2.78 bits per heavy atom. The van der Waals surface area contributed by atoms with Crippen molar-refractivity contribution in [2.75, 3.05) is 13.7 Å². The summed E-state index contributed by atoms with van der Waals surface area (Å²) in [5.41, 5.74) is 0.638. The average Bonchev–Trinajstić information content (AvgIpc) is 2.90. The fourth-order valence-corrected chi connectivity index (χ4v) is 4.37. The molecule has 0 aromatic heterocycles. The lowest BCUT2D eigenvalue weighted by Crippen LogP contribution is -2.36. The van der Waals surface area contributed by atoms with E-state index in [1.165, 1.54) is 24.5 Å². The lowest BCUT2D eigenvalue weighted by molar-refractivity contribution is -0.152. The topological polar surface area (TPSA) is 76.1 Å². The molecule has 0 spiro atoms. The summed E-state index contributed by atoms with van der Waals surface area (Å²) in [4.78, 5) is 26.5. The van der Waals surface area contributed by atoms with Crippen LogP contribution in [0.3, 0.4) is 0 Å². The van der Waals surface area contributed by atoms with Gasteiger partial charge in [-0.1, -0.05) is 36.5 Å². The molecule has 1 saturated carbocycles. The molecule has 0 unspecified atom stereocenters. The molecular weight excluding hydrogens is 386 g/mol. The molecule has 1 aliphatic heterocycles. The number of phenolic OH excluding ortho intramolecular Hbond substituents is 1. The summed E-state index contributed by atoms with van der Waals surface area (Å²) in [5, 5.41) is 9.87. The van der Waals surface area contributed by atoms with E-state index < -0.39 is 5.97 Å². The Labute approximate surface area is 167 Å². The fraction of sp³-hybridized carbons (Fsp3) is 0.421. The van der Waals surface area contributed by atoms with Gasteiger partial charge in [0.15, 0.2) is 11.5 Å². The minimum atomic E-state index is -0.429. The van der Waals surface area contributed by atoms with Crippen LogP contribution < -0.4 is 4.74 Å². The first kappa shape index (κ1) is 19.7. The van der Waals surface area contributed by atoms with Crippen LogP contribution in [0.5, 0.6) is 11.5 Å². The first-order chi connectivity index (χ1) is 13.0. The second-order valence-corrected chi connectivity index (χ2v) is 8.12. The molecule has 0 atom stereocenters. The Morgan fingerprint density at radius 1 is 1.37 bits per heavy atom. The van der Waals surface area contributed by atoms with Gasteiger partial charge in [0, 0.05) is 0 Å². The van der Waals surface area contributed by atoms with E-state index in [1.807, 2.05) is 0 Å². The van der Waals surface area contributed by atoms with Gasteiger partial charge in [-0.25, -0.2) is 0 Å². The van der Waals surface area contributed by atoms with Crippen molar-refractivity contribution in [1.82, 2.24) is 4.90 Å². The SMILES string of the molecule is COc1ccc(/C=C2\SC(=S)N(CC(=O)OC3CCCCC3)C2=O)cc1O. The van der Waals surface area contributed by atoms with Gasteiger partial charge in [-0.3, -0.25) is 14.5 Å². The number of aromatic hydroxyl groups is 1. The number of thiocarbonyl (C=S) groups is 1. The molecule has 2 aliphatic rings. The molecule has 1 N–H and O–H groups in total. The number of ether oxygens (including phenoxy) is 2. The number of nitrogens with zero attached hydrogens (tertiary/aromatic N) is 1. The second kappa shape index (κ2) is 8.75. The van der Waals surface area contributed by atoms with Gasteiger partial charge in [-0.2, -0.15) is 0 Å². The van der Waals surface area contributed by atoms with Crippen molar-refractivity contribution in [3.05, 3.63) is 28.7 Å². The number of esters is 1. The molecule has 27 heavy (non-hydrogen) atoms. The highest BCUT2D eigenvalue weighted by Gasteiger charge is 2.34. The van der Waals surface area contributed by atoms with Crippen LogP contribution in [0.15, 0.2) is 23.1 Å². The summed E-state index contributed by atoms with van der Waals surface area (Å²) in [6, 6.07) is 4.84. The number of hydrogen-bond donors (Lipinski definition) is 1. The largest absolute Gasteiger partial charge is 0.504 e. The normalized spacial score (nSPS) is 19.6. The Kier molecular flexibility index (Phi) is 6.38. The zero-order chi connectivity index (χ0) is 19.4. The Hall–Kier alpha value is -2.06. The fourth-order valence-electron chi connectivity index (χ4n) is 3.12. The maximum absolute atomic E-state index is 12.6. The Morgan fingerprint density at radius 2 is 2.11 bits per heavy atom. The number of benzene rings is 1. The summed E-state index contributed by atoms with van der Waals surface area (Å²) in [7, 11) is 1.46. The van der Waals surface area contributed by atoms with Gasteiger partial charge >= 0.3 is 5.97 Å². The van der Waals surface area contributed by atoms with E-state index in [1.54, 1.807) is 18.2 Å². The predicted octanol–water partition coefficient (Wildman–Crippen LogP) is 3.48. The highest BCUT2D eigenvalue weighted by atomic mass is 32.2. The number of hydrogen-bond acceptors (Lipinski definition) is 7. The number of amides is 1. The summed E-state index contributed by atoms with van der Waals surface area (Å²) in [5.74, 6) is -0.426. The van der Waals surface area contributed by atoms with Crippen molar-refractivity contribution in [1.29, 1.82) is 0 Å². The lowest BCUT2D eigenvalue weighted by atomic mass is 9.98. The summed E-state index contributed by atoms with van der Waals surface area (Å²) in [6.07, 6.45) is 6.64. The first-order valence-electron chi connectivity index (χ1n) is 8.80.